The second-order valence-corrected chi connectivity index (χ2v) is 4.25. The van der Waals surface area contributed by atoms with Gasteiger partial charge in [0.2, 0.25) is 0 Å². The first kappa shape index (κ1) is 13.9. The van der Waals surface area contributed by atoms with Gasteiger partial charge in [0.15, 0.2) is 0 Å². The van der Waals surface area contributed by atoms with E-state index in [2.05, 4.69) is 10.6 Å². The molecule has 0 saturated carbocycles. The summed E-state index contributed by atoms with van der Waals surface area (Å²) >= 11 is 0. The Morgan fingerprint density at radius 3 is 2.80 bits per heavy atom. The van der Waals surface area contributed by atoms with Crippen molar-refractivity contribution in [3.63, 3.8) is 0 Å². The lowest BCUT2D eigenvalue weighted by Gasteiger charge is -2.11. The third-order valence-electron chi connectivity index (χ3n) is 2.89. The lowest BCUT2D eigenvalue weighted by Crippen LogP contribution is -2.25. The van der Waals surface area contributed by atoms with E-state index in [1.807, 2.05) is 0 Å². The van der Waals surface area contributed by atoms with Gasteiger partial charge in [-0.25, -0.2) is 9.59 Å². The molecule has 4 amide bonds. The van der Waals surface area contributed by atoms with Crippen LogP contribution in [0.25, 0.3) is 0 Å². The number of carbonyl (C=O) groups is 3. The van der Waals surface area contributed by atoms with E-state index in [0.29, 0.717) is 11.3 Å². The molecular formula is C13H15N3O4. The molecule has 0 radical (unpaired) electrons. The smallest absolute Gasteiger partial charge is 0.411 e. The average Bonchev–Trinajstić information content (AvgIpc) is 2.67. The molecule has 1 atom stereocenters. The molecule has 1 fully saturated rings. The van der Waals surface area contributed by atoms with Crippen LogP contribution in [-0.4, -0.2) is 36.6 Å². The van der Waals surface area contributed by atoms with Crippen LogP contribution < -0.4 is 10.6 Å². The van der Waals surface area contributed by atoms with E-state index in [-0.39, 0.29) is 12.5 Å². The Labute approximate surface area is 115 Å². The summed E-state index contributed by atoms with van der Waals surface area (Å²) in [7, 11) is 1.42. The van der Waals surface area contributed by atoms with Crippen LogP contribution >= 0.6 is 0 Å². The molecule has 0 aliphatic carbocycles. The van der Waals surface area contributed by atoms with Crippen molar-refractivity contribution in [2.24, 2.45) is 0 Å². The van der Waals surface area contributed by atoms with Crippen molar-refractivity contribution in [2.45, 2.75) is 13.0 Å². The number of imide groups is 1. The summed E-state index contributed by atoms with van der Waals surface area (Å²) in [5, 5.41) is 5.11. The standard InChI is InChI=1S/C13H15N3O4/c1-3-20-13(19)14-9-6-4-5-8(7-9)10-11(17)16(2)12(18)15-10/h4-7,10H,3H2,1-2H3,(H,14,19)(H,15,18). The minimum Gasteiger partial charge on any atom is -0.450 e. The van der Waals surface area contributed by atoms with Crippen molar-refractivity contribution in [3.05, 3.63) is 29.8 Å². The van der Waals surface area contributed by atoms with E-state index in [0.717, 1.165) is 4.90 Å². The van der Waals surface area contributed by atoms with Gasteiger partial charge < -0.3 is 10.1 Å². The van der Waals surface area contributed by atoms with Crippen LogP contribution in [-0.2, 0) is 9.53 Å². The molecule has 1 aromatic rings. The van der Waals surface area contributed by atoms with Gasteiger partial charge in [0.05, 0.1) is 6.61 Å². The second-order valence-electron chi connectivity index (χ2n) is 4.25. The maximum atomic E-state index is 11.9. The largest absolute Gasteiger partial charge is 0.450 e. The Bertz CT molecular complexity index is 558. The molecule has 1 aromatic carbocycles. The Morgan fingerprint density at radius 1 is 1.45 bits per heavy atom. The Hall–Kier alpha value is -2.57. The number of ether oxygens (including phenoxy) is 1. The highest BCUT2D eigenvalue weighted by Crippen LogP contribution is 2.23. The van der Waals surface area contributed by atoms with Crippen LogP contribution in [0.15, 0.2) is 24.3 Å². The van der Waals surface area contributed by atoms with Crippen LogP contribution in [0.2, 0.25) is 0 Å². The predicted octanol–water partition coefficient (Wildman–Crippen LogP) is 1.48. The molecule has 2 rings (SSSR count). The molecule has 1 aliphatic heterocycles. The number of likely N-dealkylation sites (N-methyl/N-ethyl adjacent to an activating group) is 1. The van der Waals surface area contributed by atoms with Crippen molar-refractivity contribution in [1.82, 2.24) is 10.2 Å². The van der Waals surface area contributed by atoms with E-state index in [1.165, 1.54) is 7.05 Å². The lowest BCUT2D eigenvalue weighted by molar-refractivity contribution is -0.126. The van der Waals surface area contributed by atoms with Gasteiger partial charge in [-0.1, -0.05) is 12.1 Å². The van der Waals surface area contributed by atoms with Crippen LogP contribution in [0.5, 0.6) is 0 Å². The zero-order chi connectivity index (χ0) is 14.7. The van der Waals surface area contributed by atoms with Crippen LogP contribution in [0.1, 0.15) is 18.5 Å². The number of carbonyl (C=O) groups excluding carboxylic acids is 3. The van der Waals surface area contributed by atoms with Crippen molar-refractivity contribution in [2.75, 3.05) is 19.0 Å². The fraction of sp³-hybridized carbons (Fsp3) is 0.308. The lowest BCUT2D eigenvalue weighted by atomic mass is 10.1. The summed E-state index contributed by atoms with van der Waals surface area (Å²) in [4.78, 5) is 35.7. The highest BCUT2D eigenvalue weighted by molar-refractivity contribution is 6.04. The summed E-state index contributed by atoms with van der Waals surface area (Å²) in [6.45, 7) is 1.98. The Balaban J connectivity index is 2.16. The molecular weight excluding hydrogens is 262 g/mol. The summed E-state index contributed by atoms with van der Waals surface area (Å²) in [6.07, 6.45) is -0.566. The number of benzene rings is 1. The van der Waals surface area contributed by atoms with E-state index >= 15 is 0 Å². The summed E-state index contributed by atoms with van der Waals surface area (Å²) in [5.74, 6) is -0.330. The molecule has 1 aliphatic rings. The summed E-state index contributed by atoms with van der Waals surface area (Å²) in [6, 6.07) is 5.53. The Morgan fingerprint density at radius 2 is 2.20 bits per heavy atom. The normalized spacial score (nSPS) is 17.9. The van der Waals surface area contributed by atoms with Crippen molar-refractivity contribution >= 4 is 23.7 Å². The molecule has 0 aromatic heterocycles. The second kappa shape index (κ2) is 5.60. The molecule has 0 spiro atoms. The van der Waals surface area contributed by atoms with Crippen molar-refractivity contribution in [3.8, 4) is 0 Å². The molecule has 2 N–H and O–H groups in total. The molecule has 0 bridgehead atoms. The van der Waals surface area contributed by atoms with Gasteiger partial charge in [0, 0.05) is 12.7 Å². The number of hydrogen-bond acceptors (Lipinski definition) is 4. The first-order valence-electron chi connectivity index (χ1n) is 6.14. The number of amides is 4. The molecule has 106 valence electrons. The first-order chi connectivity index (χ1) is 9.52. The van der Waals surface area contributed by atoms with Gasteiger partial charge in [-0.2, -0.15) is 0 Å². The topological polar surface area (TPSA) is 87.7 Å². The number of nitrogens with one attached hydrogen (secondary N) is 2. The highest BCUT2D eigenvalue weighted by atomic mass is 16.5. The number of hydrogen-bond donors (Lipinski definition) is 2. The number of urea groups is 1. The number of nitrogens with zero attached hydrogens (tertiary/aromatic N) is 1. The zero-order valence-electron chi connectivity index (χ0n) is 11.2. The van der Waals surface area contributed by atoms with Gasteiger partial charge in [-0.15, -0.1) is 0 Å². The Kier molecular flexibility index (Phi) is 3.88. The molecule has 1 saturated heterocycles. The maximum Gasteiger partial charge on any atom is 0.411 e. The summed E-state index contributed by atoms with van der Waals surface area (Å²) < 4.78 is 4.77. The minimum absolute atomic E-state index is 0.271. The SMILES string of the molecule is CCOC(=O)Nc1cccc(C2NC(=O)N(C)C2=O)c1. The van der Waals surface area contributed by atoms with Gasteiger partial charge in [0.25, 0.3) is 5.91 Å². The van der Waals surface area contributed by atoms with E-state index in [4.69, 9.17) is 4.74 Å². The maximum absolute atomic E-state index is 11.9. The number of rotatable bonds is 3. The predicted molar refractivity (Wildman–Crippen MR) is 71.1 cm³/mol. The van der Waals surface area contributed by atoms with Crippen LogP contribution in [0, 0.1) is 0 Å². The van der Waals surface area contributed by atoms with Gasteiger partial charge >= 0.3 is 12.1 Å². The third-order valence-corrected chi connectivity index (χ3v) is 2.89. The highest BCUT2D eigenvalue weighted by Gasteiger charge is 2.36. The summed E-state index contributed by atoms with van der Waals surface area (Å²) in [5.41, 5.74) is 1.10. The molecule has 1 heterocycles. The van der Waals surface area contributed by atoms with E-state index < -0.39 is 18.2 Å². The van der Waals surface area contributed by atoms with Crippen LogP contribution in [0.3, 0.4) is 0 Å². The van der Waals surface area contributed by atoms with Gasteiger partial charge in [-0.3, -0.25) is 15.0 Å². The van der Waals surface area contributed by atoms with E-state index in [1.54, 1.807) is 31.2 Å². The number of anilines is 1. The molecule has 7 heteroatoms. The third kappa shape index (κ3) is 2.71. The van der Waals surface area contributed by atoms with Gasteiger partial charge in [-0.05, 0) is 24.6 Å². The minimum atomic E-state index is -0.726. The fourth-order valence-corrected chi connectivity index (χ4v) is 1.88. The molecule has 20 heavy (non-hydrogen) atoms. The average molecular weight is 277 g/mol. The molecule has 7 nitrogen and oxygen atoms in total. The first-order valence-corrected chi connectivity index (χ1v) is 6.14. The zero-order valence-corrected chi connectivity index (χ0v) is 11.2. The monoisotopic (exact) mass is 277 g/mol. The van der Waals surface area contributed by atoms with Crippen LogP contribution in [0.4, 0.5) is 15.3 Å². The van der Waals surface area contributed by atoms with Crippen molar-refractivity contribution in [1.29, 1.82) is 0 Å². The fourth-order valence-electron chi connectivity index (χ4n) is 1.88. The van der Waals surface area contributed by atoms with Gasteiger partial charge in [0.1, 0.15) is 6.04 Å². The molecule has 1 unspecified atom stereocenters. The van der Waals surface area contributed by atoms with E-state index in [9.17, 15) is 14.4 Å². The van der Waals surface area contributed by atoms with Crippen molar-refractivity contribution < 1.29 is 19.1 Å². The quantitative estimate of drug-likeness (QED) is 0.819.